The van der Waals surface area contributed by atoms with E-state index in [0.717, 1.165) is 6.42 Å². The fourth-order valence-corrected chi connectivity index (χ4v) is 3.12. The number of carbonyl (C=O) groups excluding carboxylic acids is 2. The summed E-state index contributed by atoms with van der Waals surface area (Å²) in [4.78, 5) is 29.3. The molecule has 0 unspecified atom stereocenters. The third-order valence-corrected chi connectivity index (χ3v) is 5.05. The number of esters is 1. The second-order valence-electron chi connectivity index (χ2n) is 6.42. The monoisotopic (exact) mass is 432 g/mol. The molecule has 0 aliphatic heterocycles. The molecule has 1 aromatic heterocycles. The van der Waals surface area contributed by atoms with E-state index in [2.05, 4.69) is 4.98 Å². The number of nitrogens with zero attached hydrogens (tertiary/aromatic N) is 2. The Hall–Kier alpha value is -2.70. The summed E-state index contributed by atoms with van der Waals surface area (Å²) in [5.74, 6) is -0.945. The van der Waals surface area contributed by atoms with E-state index in [9.17, 15) is 14.8 Å². The summed E-state index contributed by atoms with van der Waals surface area (Å²) in [6, 6.07) is 11.1. The SMILES string of the molecule is CCCCC(=O)OCc1nc2cc(Cl)c(Cl)cc2[n+]([O-])c1C(=O)c1ccccc1. The maximum atomic E-state index is 13.1. The van der Waals surface area contributed by atoms with Gasteiger partial charge in [-0.2, -0.15) is 4.73 Å². The van der Waals surface area contributed by atoms with Gasteiger partial charge in [0.1, 0.15) is 12.1 Å². The summed E-state index contributed by atoms with van der Waals surface area (Å²) in [5.41, 5.74) is 0.505. The predicted octanol–water partition coefficient (Wildman–Crippen LogP) is 4.64. The number of ether oxygens (including phenoxy) is 1. The van der Waals surface area contributed by atoms with Crippen molar-refractivity contribution in [2.75, 3.05) is 0 Å². The van der Waals surface area contributed by atoms with Crippen LogP contribution in [0.2, 0.25) is 10.0 Å². The van der Waals surface area contributed by atoms with Crippen LogP contribution in [0.1, 0.15) is 47.9 Å². The molecule has 1 heterocycles. The standard InChI is InChI=1S/C21H18Cl2N2O4/c1-2-3-9-19(26)29-12-17-20(21(27)13-7-5-4-6-8-13)25(28)18-11-15(23)14(22)10-16(18)24-17/h4-8,10-11H,2-3,9,12H2,1H3. The molecule has 0 N–H and O–H groups in total. The second kappa shape index (κ2) is 9.20. The summed E-state index contributed by atoms with van der Waals surface area (Å²) in [5, 5.41) is 13.4. The summed E-state index contributed by atoms with van der Waals surface area (Å²) in [6.07, 6.45) is 1.79. The molecule has 3 aromatic rings. The third kappa shape index (κ3) is 4.66. The highest BCUT2D eigenvalue weighted by Crippen LogP contribution is 2.26. The van der Waals surface area contributed by atoms with Gasteiger partial charge < -0.3 is 9.94 Å². The molecule has 0 aliphatic rings. The Bertz CT molecular complexity index is 1070. The van der Waals surface area contributed by atoms with E-state index in [1.165, 1.54) is 12.1 Å². The van der Waals surface area contributed by atoms with Gasteiger partial charge in [0.15, 0.2) is 5.69 Å². The van der Waals surface area contributed by atoms with Crippen molar-refractivity contribution in [1.29, 1.82) is 0 Å². The molecule has 8 heteroatoms. The van der Waals surface area contributed by atoms with Crippen LogP contribution in [0.15, 0.2) is 42.5 Å². The van der Waals surface area contributed by atoms with Crippen molar-refractivity contribution >= 4 is 46.0 Å². The van der Waals surface area contributed by atoms with Crippen LogP contribution in [-0.2, 0) is 16.1 Å². The molecule has 3 rings (SSSR count). The smallest absolute Gasteiger partial charge is 0.306 e. The summed E-state index contributed by atoms with van der Waals surface area (Å²) in [7, 11) is 0. The van der Waals surface area contributed by atoms with E-state index in [-0.39, 0.29) is 45.5 Å². The third-order valence-electron chi connectivity index (χ3n) is 4.32. The molecule has 0 fully saturated rings. The second-order valence-corrected chi connectivity index (χ2v) is 7.23. The number of halogens is 2. The zero-order valence-electron chi connectivity index (χ0n) is 15.7. The van der Waals surface area contributed by atoms with E-state index in [1.807, 2.05) is 6.92 Å². The van der Waals surface area contributed by atoms with Crippen molar-refractivity contribution in [2.45, 2.75) is 32.8 Å². The van der Waals surface area contributed by atoms with E-state index >= 15 is 0 Å². The van der Waals surface area contributed by atoms with E-state index < -0.39 is 11.8 Å². The number of unbranched alkanes of at least 4 members (excludes halogenated alkanes) is 1. The van der Waals surface area contributed by atoms with Crippen LogP contribution < -0.4 is 4.73 Å². The molecular formula is C21H18Cl2N2O4. The number of carbonyl (C=O) groups is 2. The lowest BCUT2D eigenvalue weighted by Crippen LogP contribution is -2.38. The number of aromatic nitrogens is 2. The number of hydrogen-bond donors (Lipinski definition) is 0. The van der Waals surface area contributed by atoms with Gasteiger partial charge in [0.2, 0.25) is 5.52 Å². The number of benzene rings is 2. The molecule has 0 aliphatic carbocycles. The molecule has 0 radical (unpaired) electrons. The minimum absolute atomic E-state index is 0.0598. The Morgan fingerprint density at radius 3 is 2.52 bits per heavy atom. The number of hydrogen-bond acceptors (Lipinski definition) is 5. The van der Waals surface area contributed by atoms with Crippen molar-refractivity contribution in [1.82, 2.24) is 4.98 Å². The van der Waals surface area contributed by atoms with Crippen LogP contribution in [0, 0.1) is 5.21 Å². The average molecular weight is 433 g/mol. The molecule has 0 saturated heterocycles. The van der Waals surface area contributed by atoms with E-state index in [4.69, 9.17) is 27.9 Å². The van der Waals surface area contributed by atoms with Crippen molar-refractivity contribution in [3.8, 4) is 0 Å². The number of ketones is 1. The van der Waals surface area contributed by atoms with Gasteiger partial charge in [-0.1, -0.05) is 66.9 Å². The highest BCUT2D eigenvalue weighted by atomic mass is 35.5. The van der Waals surface area contributed by atoms with Gasteiger partial charge in [-0.05, 0) is 12.5 Å². The van der Waals surface area contributed by atoms with Gasteiger partial charge in [0.25, 0.3) is 11.5 Å². The van der Waals surface area contributed by atoms with E-state index in [0.29, 0.717) is 16.7 Å². The largest absolute Gasteiger partial charge is 0.618 e. The van der Waals surface area contributed by atoms with Crippen LogP contribution in [0.25, 0.3) is 11.0 Å². The molecule has 0 amide bonds. The van der Waals surface area contributed by atoms with Crippen LogP contribution in [0.4, 0.5) is 0 Å². The summed E-state index contributed by atoms with van der Waals surface area (Å²) >= 11 is 12.1. The van der Waals surface area contributed by atoms with Crippen molar-refractivity contribution in [3.63, 3.8) is 0 Å². The zero-order valence-corrected chi connectivity index (χ0v) is 17.2. The Labute approximate surface area is 177 Å². The van der Waals surface area contributed by atoms with Crippen LogP contribution >= 0.6 is 23.2 Å². The van der Waals surface area contributed by atoms with Gasteiger partial charge in [-0.15, -0.1) is 0 Å². The first-order valence-corrected chi connectivity index (χ1v) is 9.84. The Morgan fingerprint density at radius 2 is 1.83 bits per heavy atom. The molecule has 6 nitrogen and oxygen atoms in total. The first-order chi connectivity index (χ1) is 13.9. The van der Waals surface area contributed by atoms with E-state index in [1.54, 1.807) is 30.3 Å². The first-order valence-electron chi connectivity index (χ1n) is 9.09. The Balaban J connectivity index is 2.09. The maximum Gasteiger partial charge on any atom is 0.306 e. The lowest BCUT2D eigenvalue weighted by Gasteiger charge is -2.12. The van der Waals surface area contributed by atoms with Gasteiger partial charge in [0.05, 0.1) is 10.0 Å². The maximum absolute atomic E-state index is 13.1. The van der Waals surface area contributed by atoms with Crippen LogP contribution in [-0.4, -0.2) is 16.7 Å². The molecular weight excluding hydrogens is 415 g/mol. The summed E-state index contributed by atoms with van der Waals surface area (Å²) < 4.78 is 5.72. The lowest BCUT2D eigenvalue weighted by molar-refractivity contribution is -0.580. The predicted molar refractivity (Wildman–Crippen MR) is 110 cm³/mol. The number of rotatable bonds is 7. The fourth-order valence-electron chi connectivity index (χ4n) is 2.81. The highest BCUT2D eigenvalue weighted by Gasteiger charge is 2.28. The van der Waals surface area contributed by atoms with Gasteiger partial charge in [0, 0.05) is 18.1 Å². The molecule has 0 atom stereocenters. The molecule has 2 aromatic carbocycles. The van der Waals surface area contributed by atoms with Gasteiger partial charge in [-0.25, -0.2) is 4.98 Å². The van der Waals surface area contributed by atoms with Crippen molar-refractivity contribution < 1.29 is 19.1 Å². The first kappa shape index (κ1) is 21.0. The number of fused-ring (bicyclic) bond motifs is 1. The van der Waals surface area contributed by atoms with Crippen LogP contribution in [0.3, 0.4) is 0 Å². The minimum atomic E-state index is -0.527. The molecule has 0 bridgehead atoms. The normalized spacial score (nSPS) is 10.9. The minimum Gasteiger partial charge on any atom is -0.618 e. The fraction of sp³-hybridized carbons (Fsp3) is 0.238. The highest BCUT2D eigenvalue weighted by molar-refractivity contribution is 6.42. The van der Waals surface area contributed by atoms with Crippen LogP contribution in [0.5, 0.6) is 0 Å². The lowest BCUT2D eigenvalue weighted by atomic mass is 10.1. The van der Waals surface area contributed by atoms with Crippen molar-refractivity contribution in [2.24, 2.45) is 0 Å². The molecule has 0 saturated carbocycles. The van der Waals surface area contributed by atoms with Gasteiger partial charge >= 0.3 is 5.97 Å². The molecule has 29 heavy (non-hydrogen) atoms. The zero-order chi connectivity index (χ0) is 21.0. The Kier molecular flexibility index (Phi) is 6.67. The van der Waals surface area contributed by atoms with Crippen molar-refractivity contribution in [3.05, 3.63) is 74.7 Å². The molecule has 150 valence electrons. The quantitative estimate of drug-likeness (QED) is 0.235. The average Bonchev–Trinajstić information content (AvgIpc) is 2.72. The topological polar surface area (TPSA) is 83.2 Å². The van der Waals surface area contributed by atoms with Gasteiger partial charge in [-0.3, -0.25) is 9.59 Å². The Morgan fingerprint density at radius 1 is 1.14 bits per heavy atom. The molecule has 0 spiro atoms. The summed E-state index contributed by atoms with van der Waals surface area (Å²) in [6.45, 7) is 1.67.